The van der Waals surface area contributed by atoms with Crippen molar-refractivity contribution in [2.75, 3.05) is 33.7 Å². The Balaban J connectivity index is 3.76. The summed E-state index contributed by atoms with van der Waals surface area (Å²) in [6.07, 6.45) is 0. The van der Waals surface area contributed by atoms with Crippen LogP contribution in [0.4, 0.5) is 0 Å². The fraction of sp³-hybridized carbons (Fsp3) is 0.875. The minimum absolute atomic E-state index is 0.102. The van der Waals surface area contributed by atoms with Crippen LogP contribution in [0.2, 0.25) is 0 Å². The van der Waals surface area contributed by atoms with Crippen molar-refractivity contribution < 1.29 is 10.3 Å². The lowest BCUT2D eigenvalue weighted by atomic mass is 10.1. The highest BCUT2D eigenvalue weighted by atomic mass is 16.4. The van der Waals surface area contributed by atoms with E-state index in [9.17, 15) is 5.11 Å². The SMILES string of the molecule is CN(C)CC(C)(O)CNCC(N)=NO. The van der Waals surface area contributed by atoms with Crippen molar-refractivity contribution in [2.45, 2.75) is 12.5 Å². The maximum Gasteiger partial charge on any atom is 0.153 e. The smallest absolute Gasteiger partial charge is 0.153 e. The summed E-state index contributed by atoms with van der Waals surface area (Å²) in [7, 11) is 3.77. The molecule has 0 aromatic rings. The Morgan fingerprint density at radius 2 is 2.14 bits per heavy atom. The fourth-order valence-corrected chi connectivity index (χ4v) is 1.23. The summed E-state index contributed by atoms with van der Waals surface area (Å²) in [5.41, 5.74) is 4.43. The number of nitrogens with zero attached hydrogens (tertiary/aromatic N) is 2. The van der Waals surface area contributed by atoms with E-state index >= 15 is 0 Å². The molecule has 0 radical (unpaired) electrons. The first-order valence-electron chi connectivity index (χ1n) is 4.41. The lowest BCUT2D eigenvalue weighted by Gasteiger charge is -2.27. The average molecular weight is 204 g/mol. The van der Waals surface area contributed by atoms with Gasteiger partial charge in [-0.1, -0.05) is 5.16 Å². The molecule has 1 atom stereocenters. The lowest BCUT2D eigenvalue weighted by molar-refractivity contribution is 0.0349. The number of nitrogens with two attached hydrogens (primary N) is 1. The number of rotatable bonds is 6. The zero-order valence-corrected chi connectivity index (χ0v) is 8.99. The van der Waals surface area contributed by atoms with E-state index in [1.807, 2.05) is 19.0 Å². The summed E-state index contributed by atoms with van der Waals surface area (Å²) in [6, 6.07) is 0. The highest BCUT2D eigenvalue weighted by Gasteiger charge is 2.20. The molecule has 0 fully saturated rings. The molecule has 0 aliphatic heterocycles. The number of likely N-dealkylation sites (N-methyl/N-ethyl adjacent to an activating group) is 1. The third-order valence-electron chi connectivity index (χ3n) is 1.60. The molecule has 0 saturated heterocycles. The van der Waals surface area contributed by atoms with Crippen molar-refractivity contribution in [2.24, 2.45) is 10.9 Å². The van der Waals surface area contributed by atoms with Crippen molar-refractivity contribution >= 4 is 5.84 Å². The van der Waals surface area contributed by atoms with Crippen LogP contribution in [0.1, 0.15) is 6.92 Å². The lowest BCUT2D eigenvalue weighted by Crippen LogP contribution is -2.47. The van der Waals surface area contributed by atoms with E-state index in [1.165, 1.54) is 0 Å². The van der Waals surface area contributed by atoms with Crippen molar-refractivity contribution in [3.8, 4) is 0 Å². The van der Waals surface area contributed by atoms with Gasteiger partial charge in [-0.15, -0.1) is 0 Å². The fourth-order valence-electron chi connectivity index (χ4n) is 1.23. The van der Waals surface area contributed by atoms with Gasteiger partial charge in [0, 0.05) is 13.1 Å². The predicted molar refractivity (Wildman–Crippen MR) is 55.5 cm³/mol. The number of hydrogen-bond donors (Lipinski definition) is 4. The molecule has 0 saturated carbocycles. The maximum absolute atomic E-state index is 9.82. The van der Waals surface area contributed by atoms with E-state index in [0.717, 1.165) is 0 Å². The minimum atomic E-state index is -0.820. The largest absolute Gasteiger partial charge is 0.409 e. The monoisotopic (exact) mass is 204 g/mol. The summed E-state index contributed by atoms with van der Waals surface area (Å²) in [5.74, 6) is 0.102. The number of amidine groups is 1. The normalized spacial score (nSPS) is 17.1. The topological polar surface area (TPSA) is 94.1 Å². The highest BCUT2D eigenvalue weighted by molar-refractivity contribution is 5.81. The Morgan fingerprint density at radius 1 is 1.57 bits per heavy atom. The third-order valence-corrected chi connectivity index (χ3v) is 1.60. The molecular weight excluding hydrogens is 184 g/mol. The van der Waals surface area contributed by atoms with Gasteiger partial charge in [-0.2, -0.15) is 0 Å². The second-order valence-electron chi connectivity index (χ2n) is 3.93. The van der Waals surface area contributed by atoms with E-state index < -0.39 is 5.60 Å². The zero-order chi connectivity index (χ0) is 11.2. The molecular formula is C8H20N4O2. The van der Waals surface area contributed by atoms with Crippen LogP contribution in [0, 0.1) is 0 Å². The van der Waals surface area contributed by atoms with Gasteiger partial charge in [0.15, 0.2) is 5.84 Å². The molecule has 0 amide bonds. The van der Waals surface area contributed by atoms with Crippen LogP contribution in [0.3, 0.4) is 0 Å². The Morgan fingerprint density at radius 3 is 2.57 bits per heavy atom. The van der Waals surface area contributed by atoms with E-state index in [0.29, 0.717) is 13.1 Å². The molecule has 0 spiro atoms. The number of nitrogens with one attached hydrogen (secondary N) is 1. The van der Waals surface area contributed by atoms with Gasteiger partial charge < -0.3 is 26.3 Å². The Hall–Kier alpha value is -0.850. The van der Waals surface area contributed by atoms with Gasteiger partial charge in [-0.25, -0.2) is 0 Å². The van der Waals surface area contributed by atoms with Crippen LogP contribution in [0.5, 0.6) is 0 Å². The summed E-state index contributed by atoms with van der Waals surface area (Å²) in [6.45, 7) is 2.93. The minimum Gasteiger partial charge on any atom is -0.409 e. The van der Waals surface area contributed by atoms with Gasteiger partial charge in [0.05, 0.1) is 12.1 Å². The molecule has 1 unspecified atom stereocenters. The molecule has 0 aliphatic rings. The molecule has 14 heavy (non-hydrogen) atoms. The number of oxime groups is 1. The van der Waals surface area contributed by atoms with Gasteiger partial charge >= 0.3 is 0 Å². The van der Waals surface area contributed by atoms with Crippen LogP contribution < -0.4 is 11.1 Å². The first-order valence-corrected chi connectivity index (χ1v) is 4.41. The molecule has 0 aliphatic carbocycles. The second kappa shape index (κ2) is 5.79. The molecule has 5 N–H and O–H groups in total. The molecule has 6 nitrogen and oxygen atoms in total. The van der Waals surface area contributed by atoms with E-state index in [4.69, 9.17) is 10.9 Å². The van der Waals surface area contributed by atoms with E-state index in [-0.39, 0.29) is 12.4 Å². The third kappa shape index (κ3) is 6.64. The summed E-state index contributed by atoms with van der Waals surface area (Å²) in [5, 5.41) is 23.8. The molecule has 6 heteroatoms. The molecule has 0 aromatic heterocycles. The quantitative estimate of drug-likeness (QED) is 0.185. The Labute approximate surface area is 84.4 Å². The molecule has 84 valence electrons. The van der Waals surface area contributed by atoms with E-state index in [2.05, 4.69) is 10.5 Å². The molecule has 0 bridgehead atoms. The number of hydrogen-bond acceptors (Lipinski definition) is 5. The highest BCUT2D eigenvalue weighted by Crippen LogP contribution is 2.01. The predicted octanol–water partition coefficient (Wildman–Crippen LogP) is -1.36. The Kier molecular flexibility index (Phi) is 5.44. The average Bonchev–Trinajstić information content (AvgIpc) is 2.01. The molecule has 0 heterocycles. The van der Waals surface area contributed by atoms with Crippen LogP contribution >= 0.6 is 0 Å². The molecule has 0 aromatic carbocycles. The second-order valence-corrected chi connectivity index (χ2v) is 3.93. The standard InChI is InChI=1S/C8H20N4O2/c1-8(13,6-12(2)3)5-10-4-7(9)11-14/h10,13-14H,4-6H2,1-3H3,(H2,9,11). The van der Waals surface area contributed by atoms with Gasteiger partial charge in [-0.3, -0.25) is 0 Å². The van der Waals surface area contributed by atoms with Crippen molar-refractivity contribution in [3.05, 3.63) is 0 Å². The first-order chi connectivity index (χ1) is 6.37. The van der Waals surface area contributed by atoms with E-state index in [1.54, 1.807) is 6.92 Å². The molecule has 0 rings (SSSR count). The summed E-state index contributed by atoms with van der Waals surface area (Å²) >= 11 is 0. The Bertz CT molecular complexity index is 192. The van der Waals surface area contributed by atoms with Gasteiger partial charge in [-0.05, 0) is 21.0 Å². The van der Waals surface area contributed by atoms with Crippen molar-refractivity contribution in [3.63, 3.8) is 0 Å². The maximum atomic E-state index is 9.82. The van der Waals surface area contributed by atoms with Gasteiger partial charge in [0.25, 0.3) is 0 Å². The van der Waals surface area contributed by atoms with Crippen molar-refractivity contribution in [1.82, 2.24) is 10.2 Å². The van der Waals surface area contributed by atoms with Crippen LogP contribution in [0.25, 0.3) is 0 Å². The van der Waals surface area contributed by atoms with Crippen LogP contribution in [-0.2, 0) is 0 Å². The zero-order valence-electron chi connectivity index (χ0n) is 8.99. The number of aliphatic hydroxyl groups is 1. The van der Waals surface area contributed by atoms with Gasteiger partial charge in [0.2, 0.25) is 0 Å². The summed E-state index contributed by atoms with van der Waals surface area (Å²) in [4.78, 5) is 1.89. The van der Waals surface area contributed by atoms with Crippen molar-refractivity contribution in [1.29, 1.82) is 0 Å². The van der Waals surface area contributed by atoms with Gasteiger partial charge in [0.1, 0.15) is 0 Å². The van der Waals surface area contributed by atoms with Crippen LogP contribution in [-0.4, -0.2) is 60.4 Å². The summed E-state index contributed by atoms with van der Waals surface area (Å²) < 4.78 is 0. The first kappa shape index (κ1) is 13.2. The van der Waals surface area contributed by atoms with Crippen LogP contribution in [0.15, 0.2) is 5.16 Å².